The van der Waals surface area contributed by atoms with E-state index in [4.69, 9.17) is 0 Å². The Balaban J connectivity index is 1.40. The van der Waals surface area contributed by atoms with E-state index in [9.17, 15) is 9.59 Å². The summed E-state index contributed by atoms with van der Waals surface area (Å²) in [5.74, 6) is 1.97. The maximum Gasteiger partial charge on any atom is 0.189 e. The fourth-order valence-electron chi connectivity index (χ4n) is 4.97. The third kappa shape index (κ3) is 4.91. The number of hydrogen-bond donors (Lipinski definition) is 1. The van der Waals surface area contributed by atoms with E-state index in [1.807, 2.05) is 0 Å². The standard InChI is InChI=1S/C20H32BrNO2/c21-18-8-6-15(7-9-18)19(23)14-22-12-10-17(11-13-22)20(24)16-4-2-1-3-5-16/h15-18H,1-14H2/p+1. The fourth-order valence-corrected chi connectivity index (χ4v) is 5.50. The van der Waals surface area contributed by atoms with E-state index in [-0.39, 0.29) is 5.92 Å². The van der Waals surface area contributed by atoms with Crippen molar-refractivity contribution >= 4 is 27.5 Å². The first-order valence-corrected chi connectivity index (χ1v) is 11.1. The van der Waals surface area contributed by atoms with Crippen LogP contribution >= 0.6 is 15.9 Å². The zero-order valence-corrected chi connectivity index (χ0v) is 16.5. The number of ketones is 2. The van der Waals surface area contributed by atoms with Gasteiger partial charge in [-0.05, 0) is 38.5 Å². The van der Waals surface area contributed by atoms with E-state index >= 15 is 0 Å². The molecule has 4 heteroatoms. The molecule has 1 heterocycles. The van der Waals surface area contributed by atoms with Gasteiger partial charge in [0.05, 0.1) is 13.1 Å². The van der Waals surface area contributed by atoms with Crippen LogP contribution in [-0.4, -0.2) is 36.0 Å². The van der Waals surface area contributed by atoms with E-state index in [2.05, 4.69) is 15.9 Å². The van der Waals surface area contributed by atoms with Crippen LogP contribution in [0.15, 0.2) is 0 Å². The predicted molar refractivity (Wildman–Crippen MR) is 99.5 cm³/mol. The second kappa shape index (κ2) is 8.93. The first-order chi connectivity index (χ1) is 11.6. The number of carbonyl (C=O) groups is 2. The topological polar surface area (TPSA) is 38.6 Å². The van der Waals surface area contributed by atoms with Crippen molar-refractivity contribution in [3.8, 4) is 0 Å². The summed E-state index contributed by atoms with van der Waals surface area (Å²) >= 11 is 3.67. The van der Waals surface area contributed by atoms with Gasteiger partial charge in [-0.15, -0.1) is 0 Å². The molecule has 1 N–H and O–H groups in total. The molecule has 1 aliphatic heterocycles. The molecule has 0 amide bonds. The number of alkyl halides is 1. The largest absolute Gasteiger partial charge is 0.329 e. The van der Waals surface area contributed by atoms with Crippen molar-refractivity contribution in [3.63, 3.8) is 0 Å². The molecule has 3 rings (SSSR count). The minimum Gasteiger partial charge on any atom is -0.329 e. The second-order valence-electron chi connectivity index (χ2n) is 8.35. The van der Waals surface area contributed by atoms with Crippen LogP contribution in [0.1, 0.15) is 70.6 Å². The maximum absolute atomic E-state index is 12.7. The quantitative estimate of drug-likeness (QED) is 0.722. The van der Waals surface area contributed by atoms with Gasteiger partial charge in [0.2, 0.25) is 0 Å². The Morgan fingerprint density at radius 1 is 0.750 bits per heavy atom. The van der Waals surface area contributed by atoms with Crippen molar-refractivity contribution < 1.29 is 14.5 Å². The normalized spacial score (nSPS) is 35.5. The van der Waals surface area contributed by atoms with Gasteiger partial charge in [0.25, 0.3) is 0 Å². The number of nitrogens with one attached hydrogen (secondary N) is 1. The summed E-state index contributed by atoms with van der Waals surface area (Å²) < 4.78 is 0. The highest BCUT2D eigenvalue weighted by molar-refractivity contribution is 9.09. The van der Waals surface area contributed by atoms with Crippen molar-refractivity contribution in [3.05, 3.63) is 0 Å². The number of rotatable bonds is 5. The average Bonchev–Trinajstić information content (AvgIpc) is 2.63. The molecule has 3 fully saturated rings. The number of Topliss-reactive ketones (excluding diaryl/α,β-unsaturated/α-hetero) is 2. The van der Waals surface area contributed by atoms with Gasteiger partial charge in [0, 0.05) is 35.4 Å². The van der Waals surface area contributed by atoms with Crippen LogP contribution in [0, 0.1) is 17.8 Å². The molecule has 0 aromatic rings. The molecule has 1 saturated heterocycles. The zero-order chi connectivity index (χ0) is 16.9. The molecule has 2 saturated carbocycles. The minimum absolute atomic E-state index is 0.288. The molecule has 0 aromatic carbocycles. The summed E-state index contributed by atoms with van der Waals surface area (Å²) in [5, 5.41) is 0. The first-order valence-electron chi connectivity index (χ1n) is 10.2. The number of piperidine rings is 1. The van der Waals surface area contributed by atoms with Crippen LogP contribution in [-0.2, 0) is 9.59 Å². The van der Waals surface area contributed by atoms with Crippen molar-refractivity contribution in [2.24, 2.45) is 17.8 Å². The Morgan fingerprint density at radius 2 is 1.33 bits per heavy atom. The highest BCUT2D eigenvalue weighted by Crippen LogP contribution is 2.30. The molecule has 3 nitrogen and oxygen atoms in total. The number of hydrogen-bond acceptors (Lipinski definition) is 2. The van der Waals surface area contributed by atoms with Gasteiger partial charge in [0.1, 0.15) is 12.3 Å². The maximum atomic E-state index is 12.7. The van der Waals surface area contributed by atoms with Gasteiger partial charge in [-0.2, -0.15) is 0 Å². The Kier molecular flexibility index (Phi) is 6.91. The lowest BCUT2D eigenvalue weighted by molar-refractivity contribution is -0.897. The third-order valence-corrected chi connectivity index (χ3v) is 7.55. The molecular formula is C20H33BrNO2+. The van der Waals surface area contributed by atoms with Crippen molar-refractivity contribution in [2.45, 2.75) is 75.5 Å². The van der Waals surface area contributed by atoms with Crippen LogP contribution in [0.5, 0.6) is 0 Å². The van der Waals surface area contributed by atoms with E-state index in [1.54, 1.807) is 0 Å². The van der Waals surface area contributed by atoms with E-state index in [1.165, 1.54) is 24.2 Å². The SMILES string of the molecule is O=C(C[NH+]1CCC(C(=O)C2CCCCC2)CC1)C1CCC(Br)CC1. The molecule has 0 unspecified atom stereocenters. The highest BCUT2D eigenvalue weighted by Gasteiger charge is 2.34. The Hall–Kier alpha value is -0.220. The van der Waals surface area contributed by atoms with Crippen molar-refractivity contribution in [1.29, 1.82) is 0 Å². The summed E-state index contributed by atoms with van der Waals surface area (Å²) in [5.41, 5.74) is 0. The van der Waals surface area contributed by atoms with E-state index in [0.717, 1.165) is 64.5 Å². The summed E-state index contributed by atoms with van der Waals surface area (Å²) in [6.07, 6.45) is 12.5. The van der Waals surface area contributed by atoms with Crippen LogP contribution in [0.4, 0.5) is 0 Å². The number of quaternary nitrogens is 1. The average molecular weight is 399 g/mol. The van der Waals surface area contributed by atoms with Gasteiger partial charge in [-0.25, -0.2) is 0 Å². The Morgan fingerprint density at radius 3 is 1.96 bits per heavy atom. The van der Waals surface area contributed by atoms with Crippen molar-refractivity contribution in [1.82, 2.24) is 0 Å². The molecule has 0 atom stereocenters. The van der Waals surface area contributed by atoms with E-state index in [0.29, 0.717) is 34.8 Å². The molecule has 0 aromatic heterocycles. The van der Waals surface area contributed by atoms with Crippen LogP contribution in [0.25, 0.3) is 0 Å². The first kappa shape index (κ1) is 18.6. The molecule has 0 bridgehead atoms. The lowest BCUT2D eigenvalue weighted by Gasteiger charge is -2.32. The van der Waals surface area contributed by atoms with Gasteiger partial charge >= 0.3 is 0 Å². The zero-order valence-electron chi connectivity index (χ0n) is 14.9. The van der Waals surface area contributed by atoms with Gasteiger partial charge < -0.3 is 4.90 Å². The molecule has 0 spiro atoms. The Labute approximate surface area is 155 Å². The van der Waals surface area contributed by atoms with Crippen molar-refractivity contribution in [2.75, 3.05) is 19.6 Å². The van der Waals surface area contributed by atoms with Crippen LogP contribution < -0.4 is 4.90 Å². The minimum atomic E-state index is 0.288. The molecule has 0 radical (unpaired) electrons. The van der Waals surface area contributed by atoms with E-state index < -0.39 is 0 Å². The van der Waals surface area contributed by atoms with Crippen LogP contribution in [0.3, 0.4) is 0 Å². The summed E-state index contributed by atoms with van der Waals surface area (Å²) in [6.45, 7) is 2.73. The summed E-state index contributed by atoms with van der Waals surface area (Å²) in [7, 11) is 0. The molecular weight excluding hydrogens is 366 g/mol. The molecule has 24 heavy (non-hydrogen) atoms. The highest BCUT2D eigenvalue weighted by atomic mass is 79.9. The second-order valence-corrected chi connectivity index (χ2v) is 9.65. The predicted octanol–water partition coefficient (Wildman–Crippen LogP) is 2.95. The molecule has 136 valence electrons. The van der Waals surface area contributed by atoms with Gasteiger partial charge in [-0.1, -0.05) is 35.2 Å². The smallest absolute Gasteiger partial charge is 0.189 e. The van der Waals surface area contributed by atoms with Gasteiger partial charge in [0.15, 0.2) is 5.78 Å². The van der Waals surface area contributed by atoms with Crippen LogP contribution in [0.2, 0.25) is 0 Å². The lowest BCUT2D eigenvalue weighted by atomic mass is 9.78. The summed E-state index contributed by atoms with van der Waals surface area (Å²) in [4.78, 5) is 27.3. The molecule has 2 aliphatic carbocycles. The third-order valence-electron chi connectivity index (χ3n) is 6.64. The fraction of sp³-hybridized carbons (Fsp3) is 0.900. The van der Waals surface area contributed by atoms with Gasteiger partial charge in [-0.3, -0.25) is 9.59 Å². The Bertz CT molecular complexity index is 431. The molecule has 3 aliphatic rings. The lowest BCUT2D eigenvalue weighted by Crippen LogP contribution is -3.14. The number of halogens is 1. The number of carbonyl (C=O) groups excluding carboxylic acids is 2. The summed E-state index contributed by atoms with van der Waals surface area (Å²) in [6, 6.07) is 0. The number of likely N-dealkylation sites (tertiary alicyclic amines) is 1. The monoisotopic (exact) mass is 398 g/mol.